The summed E-state index contributed by atoms with van der Waals surface area (Å²) in [5, 5.41) is 3.76. The molecule has 0 saturated heterocycles. The van der Waals surface area contributed by atoms with E-state index in [1.54, 1.807) is 0 Å². The number of aromatic nitrogens is 1. The molecule has 0 radical (unpaired) electrons. The lowest BCUT2D eigenvalue weighted by Gasteiger charge is -2.20. The van der Waals surface area contributed by atoms with Crippen molar-refractivity contribution in [1.82, 2.24) is 8.87 Å². The van der Waals surface area contributed by atoms with Crippen molar-refractivity contribution >= 4 is 66.8 Å². The fraction of sp³-hybridized carbons (Fsp3) is 0.409. The minimum Gasteiger partial charge on any atom is -0.444 e. The van der Waals surface area contributed by atoms with Crippen LogP contribution in [0.5, 0.6) is 0 Å². The molecule has 2 aromatic rings. The molecule has 0 saturated carbocycles. The van der Waals surface area contributed by atoms with Gasteiger partial charge in [0.05, 0.1) is 11.1 Å². The number of allylic oxidation sites excluding steroid dienone is 1. The number of amides is 1. The molecule has 168 valence electrons. The van der Waals surface area contributed by atoms with Gasteiger partial charge in [-0.3, -0.25) is 14.1 Å². The first-order valence-corrected chi connectivity index (χ1v) is 14.4. The molecule has 0 aliphatic rings. The molecule has 0 aliphatic heterocycles. The fourth-order valence-corrected chi connectivity index (χ4v) is 5.11. The third kappa shape index (κ3) is 6.94. The molecular weight excluding hydrogens is 544 g/mol. The second kappa shape index (κ2) is 10.8. The molecule has 1 unspecified atom stereocenters. The zero-order valence-electron chi connectivity index (χ0n) is 18.9. The Morgan fingerprint density at radius 1 is 1.32 bits per heavy atom. The van der Waals surface area contributed by atoms with Gasteiger partial charge in [-0.15, -0.1) is 8.04 Å². The van der Waals surface area contributed by atoms with E-state index in [4.69, 9.17) is 4.74 Å². The predicted octanol–water partition coefficient (Wildman–Crippen LogP) is 6.43. The highest BCUT2D eigenvalue weighted by Gasteiger charge is 2.21. The summed E-state index contributed by atoms with van der Waals surface area (Å²) >= 11 is 2.17. The molecule has 1 amide bonds. The van der Waals surface area contributed by atoms with Gasteiger partial charge in [-0.25, -0.2) is 4.79 Å². The van der Waals surface area contributed by atoms with Gasteiger partial charge in [0.25, 0.3) is 0 Å². The number of hydrogen-bond donors (Lipinski definition) is 1. The van der Waals surface area contributed by atoms with E-state index in [1.807, 2.05) is 75.1 Å². The smallest absolute Gasteiger partial charge is 0.412 e. The van der Waals surface area contributed by atoms with Crippen LogP contribution in [-0.2, 0) is 4.74 Å². The molecule has 0 aliphatic carbocycles. The zero-order chi connectivity index (χ0) is 23.3. The lowest BCUT2D eigenvalue weighted by Crippen LogP contribution is -2.27. The highest BCUT2D eigenvalue weighted by molar-refractivity contribution is 14.2. The molecule has 0 fully saturated rings. The van der Waals surface area contributed by atoms with E-state index >= 15 is 0 Å². The van der Waals surface area contributed by atoms with Gasteiger partial charge in [-0.2, -0.15) is 0 Å². The number of anilines is 1. The number of carbonyl (C=O) groups excluding carboxylic acids is 2. The van der Waals surface area contributed by atoms with Crippen molar-refractivity contribution in [2.24, 2.45) is 0 Å². The second-order valence-electron chi connectivity index (χ2n) is 8.24. The van der Waals surface area contributed by atoms with Gasteiger partial charge < -0.3 is 9.64 Å². The van der Waals surface area contributed by atoms with Gasteiger partial charge in [0, 0.05) is 61.7 Å². The largest absolute Gasteiger partial charge is 0.444 e. The summed E-state index contributed by atoms with van der Waals surface area (Å²) in [5.74, 6) is -0.0747. The number of benzene rings is 1. The lowest BCUT2D eigenvalue weighted by molar-refractivity contribution is 0.0635. The minimum atomic E-state index is -0.582. The summed E-state index contributed by atoms with van der Waals surface area (Å²) in [7, 11) is 5.67. The Kier molecular flexibility index (Phi) is 8.95. The van der Waals surface area contributed by atoms with Gasteiger partial charge in [-0.05, 0) is 57.6 Å². The predicted molar refractivity (Wildman–Crippen MR) is 142 cm³/mol. The maximum atomic E-state index is 13.4. The van der Waals surface area contributed by atoms with Gasteiger partial charge >= 0.3 is 6.09 Å². The molecule has 0 bridgehead atoms. The first kappa shape index (κ1) is 25.7. The van der Waals surface area contributed by atoms with Gasteiger partial charge in [0.1, 0.15) is 11.3 Å². The van der Waals surface area contributed by atoms with Crippen molar-refractivity contribution in [3.63, 3.8) is 0 Å². The standard InChI is InChI=1S/C22H29IN3O3PS/c1-8-30-13-16(12-25(6)7)20(27)19-10-15-9-14(2)17(11-18(15)26(19)31-23)24-21(28)29-22(3,4)5/h9-12,30H,8H2,1-7H3,(H,24,28)/b16-12+. The molecule has 0 spiro atoms. The lowest BCUT2D eigenvalue weighted by atomic mass is 10.1. The molecule has 1 aromatic heterocycles. The number of ketones is 1. The third-order valence-electron chi connectivity index (χ3n) is 4.07. The Balaban J connectivity index is 2.53. The normalized spacial score (nSPS) is 12.1. The number of ether oxygens (including phenoxy) is 1. The molecule has 6 nitrogen and oxygen atoms in total. The van der Waals surface area contributed by atoms with Crippen LogP contribution in [0.3, 0.4) is 0 Å². The van der Waals surface area contributed by atoms with Gasteiger partial charge in [0.15, 0.2) is 0 Å². The highest BCUT2D eigenvalue weighted by Crippen LogP contribution is 2.33. The van der Waals surface area contributed by atoms with E-state index in [9.17, 15) is 9.59 Å². The van der Waals surface area contributed by atoms with Crippen LogP contribution in [0.2, 0.25) is 0 Å². The Bertz CT molecular complexity index is 1090. The summed E-state index contributed by atoms with van der Waals surface area (Å²) in [6, 6.07) is 5.75. The first-order chi connectivity index (χ1) is 14.5. The number of hydrogen-bond acceptors (Lipinski definition) is 5. The first-order valence-electron chi connectivity index (χ1n) is 9.83. The van der Waals surface area contributed by atoms with Crippen LogP contribution >= 0.6 is 38.4 Å². The van der Waals surface area contributed by atoms with E-state index in [0.29, 0.717) is 25.0 Å². The van der Waals surface area contributed by atoms with Crippen LogP contribution in [0.15, 0.2) is 30.0 Å². The number of fused-ring (bicyclic) bond motifs is 1. The van der Waals surface area contributed by atoms with Crippen molar-refractivity contribution in [3.8, 4) is 5.63 Å². The van der Waals surface area contributed by atoms with Crippen LogP contribution in [-0.4, -0.2) is 46.6 Å². The molecule has 1 N–H and O–H groups in total. The zero-order valence-corrected chi connectivity index (χ0v) is 22.9. The van der Waals surface area contributed by atoms with E-state index in [1.165, 1.54) is 9.12 Å². The fourth-order valence-electron chi connectivity index (χ4n) is 2.85. The van der Waals surface area contributed by atoms with Gasteiger partial charge in [0.2, 0.25) is 5.78 Å². The summed E-state index contributed by atoms with van der Waals surface area (Å²) in [5.41, 5.74) is 6.21. The average Bonchev–Trinajstić information content (AvgIpc) is 3.00. The third-order valence-corrected chi connectivity index (χ3v) is 6.59. The van der Waals surface area contributed by atoms with Crippen molar-refractivity contribution in [2.45, 2.75) is 40.2 Å². The quantitative estimate of drug-likeness (QED) is 0.193. The van der Waals surface area contributed by atoms with Crippen molar-refractivity contribution in [2.75, 3.05) is 25.6 Å². The number of Topliss-reactive ketones (excluding diaryl/α,β-unsaturated/α-hetero) is 1. The van der Waals surface area contributed by atoms with Crippen LogP contribution in [0.1, 0.15) is 43.7 Å². The SMILES string of the molecule is CC[PH]#C/C(=C\N(C)C)C(=O)c1cc2cc(C)c(NC(=O)OC(C)(C)C)cc2n1SI. The molecule has 1 aromatic carbocycles. The summed E-state index contributed by atoms with van der Waals surface area (Å²) in [6.07, 6.45) is 2.25. The van der Waals surface area contributed by atoms with E-state index < -0.39 is 11.7 Å². The van der Waals surface area contributed by atoms with Crippen molar-refractivity contribution < 1.29 is 14.3 Å². The molecule has 2 rings (SSSR count). The minimum absolute atomic E-state index is 0.0747. The average molecular weight is 573 g/mol. The van der Waals surface area contributed by atoms with E-state index in [0.717, 1.165) is 22.6 Å². The Morgan fingerprint density at radius 3 is 2.55 bits per heavy atom. The molecule has 1 atom stereocenters. The van der Waals surface area contributed by atoms with Gasteiger partial charge in [-0.1, -0.05) is 12.6 Å². The van der Waals surface area contributed by atoms with Crippen LogP contribution in [0.25, 0.3) is 10.9 Å². The summed E-state index contributed by atoms with van der Waals surface area (Å²) < 4.78 is 7.26. The molecular formula is C22H29IN3O3PS. The number of rotatable bonds is 5. The highest BCUT2D eigenvalue weighted by atomic mass is 127. The number of nitrogens with zero attached hydrogens (tertiary/aromatic N) is 2. The topological polar surface area (TPSA) is 63.6 Å². The maximum Gasteiger partial charge on any atom is 0.412 e. The van der Waals surface area contributed by atoms with Crippen molar-refractivity contribution in [1.29, 1.82) is 0 Å². The number of aryl methyl sites for hydroxylation is 1. The Morgan fingerprint density at radius 2 is 2.00 bits per heavy atom. The van der Waals surface area contributed by atoms with Crippen LogP contribution < -0.4 is 5.32 Å². The summed E-state index contributed by atoms with van der Waals surface area (Å²) in [6.45, 7) is 9.46. The summed E-state index contributed by atoms with van der Waals surface area (Å²) in [4.78, 5) is 27.5. The maximum absolute atomic E-state index is 13.4. The van der Waals surface area contributed by atoms with Crippen LogP contribution in [0.4, 0.5) is 10.5 Å². The number of halogens is 1. The molecule has 31 heavy (non-hydrogen) atoms. The monoisotopic (exact) mass is 573 g/mol. The molecule has 9 heteroatoms. The van der Waals surface area contributed by atoms with E-state index in [2.05, 4.69) is 39.1 Å². The van der Waals surface area contributed by atoms with E-state index in [-0.39, 0.29) is 5.78 Å². The molecule has 1 heterocycles. The number of nitrogens with one attached hydrogen (secondary N) is 1. The second-order valence-corrected chi connectivity index (χ2v) is 11.2. The Hall–Kier alpha value is -1.60. The Labute approximate surface area is 202 Å². The van der Waals surface area contributed by atoms with Crippen LogP contribution in [0, 0.1) is 12.6 Å². The van der Waals surface area contributed by atoms with Crippen molar-refractivity contribution in [3.05, 3.63) is 41.2 Å². The number of carbonyl (C=O) groups is 2.